The Labute approximate surface area is 174 Å². The molecule has 1 saturated heterocycles. The number of hydrogen-bond acceptors (Lipinski definition) is 4. The normalized spacial score (nSPS) is 15.9. The molecule has 4 rings (SSSR count). The minimum atomic E-state index is 0.0476. The molecule has 0 saturated carbocycles. The van der Waals surface area contributed by atoms with Gasteiger partial charge in [-0.1, -0.05) is 41.4 Å². The highest BCUT2D eigenvalue weighted by Gasteiger charge is 2.19. The Kier molecular flexibility index (Phi) is 6.02. The number of nitrogens with zero attached hydrogens (tertiary/aromatic N) is 1. The van der Waals surface area contributed by atoms with Crippen LogP contribution in [0.25, 0.3) is 11.0 Å². The first-order valence-electron chi connectivity index (χ1n) is 9.49. The summed E-state index contributed by atoms with van der Waals surface area (Å²) < 4.78 is 5.60. The Balaban J connectivity index is 1.30. The summed E-state index contributed by atoms with van der Waals surface area (Å²) in [5.41, 5.74) is 2.53. The van der Waals surface area contributed by atoms with Crippen LogP contribution in [0.5, 0.6) is 0 Å². The largest absolute Gasteiger partial charge is 0.464 e. The summed E-state index contributed by atoms with van der Waals surface area (Å²) in [6.07, 6.45) is 3.66. The molecule has 1 aliphatic rings. The molecule has 1 fully saturated rings. The molecule has 1 N–H and O–H groups in total. The van der Waals surface area contributed by atoms with E-state index in [0.29, 0.717) is 39.2 Å². The van der Waals surface area contributed by atoms with Crippen LogP contribution in [0.1, 0.15) is 24.0 Å². The van der Waals surface area contributed by atoms with E-state index < -0.39 is 0 Å². The number of fused-ring (bicyclic) bond motifs is 1. The van der Waals surface area contributed by atoms with E-state index in [1.165, 1.54) is 5.56 Å². The highest BCUT2D eigenvalue weighted by atomic mass is 35.5. The molecule has 6 heteroatoms. The van der Waals surface area contributed by atoms with E-state index in [1.54, 1.807) is 6.26 Å². The average molecular weight is 417 g/mol. The van der Waals surface area contributed by atoms with Crippen molar-refractivity contribution in [2.24, 2.45) is 0 Å². The zero-order chi connectivity index (χ0) is 19.5. The molecular formula is C22H22Cl2N2O2. The van der Waals surface area contributed by atoms with Crippen molar-refractivity contribution in [1.82, 2.24) is 10.2 Å². The van der Waals surface area contributed by atoms with Gasteiger partial charge in [-0.2, -0.15) is 0 Å². The Morgan fingerprint density at radius 1 is 1.07 bits per heavy atom. The highest BCUT2D eigenvalue weighted by Crippen LogP contribution is 2.24. The third-order valence-electron chi connectivity index (χ3n) is 5.31. The molecular weight excluding hydrogens is 395 g/mol. The molecule has 1 aromatic heterocycles. The Morgan fingerprint density at radius 3 is 2.64 bits per heavy atom. The van der Waals surface area contributed by atoms with Gasteiger partial charge in [-0.25, -0.2) is 0 Å². The first-order chi connectivity index (χ1) is 13.6. The number of halogens is 2. The monoisotopic (exact) mass is 416 g/mol. The van der Waals surface area contributed by atoms with Crippen molar-refractivity contribution in [3.63, 3.8) is 0 Å². The van der Waals surface area contributed by atoms with Crippen molar-refractivity contribution in [2.45, 2.75) is 32.0 Å². The summed E-state index contributed by atoms with van der Waals surface area (Å²) in [5.74, 6) is 0. The lowest BCUT2D eigenvalue weighted by Gasteiger charge is -2.32. The van der Waals surface area contributed by atoms with Gasteiger partial charge in [0.25, 0.3) is 0 Å². The van der Waals surface area contributed by atoms with Gasteiger partial charge in [0.2, 0.25) is 0 Å². The van der Waals surface area contributed by atoms with E-state index in [9.17, 15) is 4.79 Å². The van der Waals surface area contributed by atoms with Crippen LogP contribution in [0.4, 0.5) is 0 Å². The van der Waals surface area contributed by atoms with Gasteiger partial charge in [0, 0.05) is 24.7 Å². The van der Waals surface area contributed by atoms with E-state index in [-0.39, 0.29) is 5.43 Å². The molecule has 146 valence electrons. The number of hydrogen-bond donors (Lipinski definition) is 1. The van der Waals surface area contributed by atoms with Crippen molar-refractivity contribution in [3.05, 3.63) is 80.1 Å². The van der Waals surface area contributed by atoms with E-state index in [4.69, 9.17) is 27.6 Å². The smallest absolute Gasteiger partial charge is 0.197 e. The van der Waals surface area contributed by atoms with Crippen molar-refractivity contribution in [1.29, 1.82) is 0 Å². The second-order valence-electron chi connectivity index (χ2n) is 7.27. The molecule has 1 aliphatic heterocycles. The fourth-order valence-corrected chi connectivity index (χ4v) is 4.01. The van der Waals surface area contributed by atoms with E-state index in [0.717, 1.165) is 32.5 Å². The van der Waals surface area contributed by atoms with Gasteiger partial charge in [0.15, 0.2) is 5.43 Å². The Morgan fingerprint density at radius 2 is 1.86 bits per heavy atom. The molecule has 0 amide bonds. The number of rotatable bonds is 5. The van der Waals surface area contributed by atoms with E-state index >= 15 is 0 Å². The molecule has 2 heterocycles. The first kappa shape index (κ1) is 19.5. The molecule has 28 heavy (non-hydrogen) atoms. The lowest BCUT2D eigenvalue weighted by atomic mass is 10.0. The zero-order valence-electron chi connectivity index (χ0n) is 15.5. The molecule has 0 atom stereocenters. The van der Waals surface area contributed by atoms with Gasteiger partial charge in [-0.05, 0) is 55.8 Å². The summed E-state index contributed by atoms with van der Waals surface area (Å²) >= 11 is 12.1. The fraction of sp³-hybridized carbons (Fsp3) is 0.318. The topological polar surface area (TPSA) is 45.5 Å². The van der Waals surface area contributed by atoms with Crippen LogP contribution < -0.4 is 10.7 Å². The van der Waals surface area contributed by atoms with Crippen LogP contribution in [0, 0.1) is 0 Å². The average Bonchev–Trinajstić information content (AvgIpc) is 2.72. The first-order valence-corrected chi connectivity index (χ1v) is 10.2. The van der Waals surface area contributed by atoms with E-state index in [2.05, 4.69) is 10.2 Å². The van der Waals surface area contributed by atoms with Crippen LogP contribution in [-0.2, 0) is 13.1 Å². The van der Waals surface area contributed by atoms with Crippen LogP contribution in [0.3, 0.4) is 0 Å². The van der Waals surface area contributed by atoms with Crippen LogP contribution >= 0.6 is 23.2 Å². The van der Waals surface area contributed by atoms with Crippen molar-refractivity contribution in [3.8, 4) is 0 Å². The molecule has 0 aliphatic carbocycles. The van der Waals surface area contributed by atoms with Gasteiger partial charge < -0.3 is 9.73 Å². The number of nitrogens with one attached hydrogen (secondary N) is 1. The molecule has 4 nitrogen and oxygen atoms in total. The predicted molar refractivity (Wildman–Crippen MR) is 114 cm³/mol. The number of piperidine rings is 1. The maximum absolute atomic E-state index is 12.6. The second-order valence-corrected chi connectivity index (χ2v) is 8.08. The molecule has 3 aromatic rings. The Bertz CT molecular complexity index is 1030. The van der Waals surface area contributed by atoms with Crippen molar-refractivity contribution < 1.29 is 4.42 Å². The fourth-order valence-electron chi connectivity index (χ4n) is 3.69. The summed E-state index contributed by atoms with van der Waals surface area (Å²) in [6.45, 7) is 3.41. The van der Waals surface area contributed by atoms with Gasteiger partial charge in [-0.3, -0.25) is 9.69 Å². The summed E-state index contributed by atoms with van der Waals surface area (Å²) in [6, 6.07) is 13.6. The zero-order valence-corrected chi connectivity index (χ0v) is 17.0. The SMILES string of the molecule is O=c1c(CNC2CCN(Cc3ccc(Cl)c(Cl)c3)CC2)coc2ccccc12. The molecule has 0 spiro atoms. The van der Waals surface area contributed by atoms with E-state index in [1.807, 2.05) is 42.5 Å². The molecule has 0 radical (unpaired) electrons. The van der Waals surface area contributed by atoms with Crippen LogP contribution in [0.2, 0.25) is 10.0 Å². The minimum Gasteiger partial charge on any atom is -0.464 e. The van der Waals surface area contributed by atoms with Gasteiger partial charge in [0.05, 0.1) is 21.7 Å². The molecule has 0 bridgehead atoms. The Hall–Kier alpha value is -1.85. The van der Waals surface area contributed by atoms with Crippen LogP contribution in [0.15, 0.2) is 57.9 Å². The van der Waals surface area contributed by atoms with Crippen molar-refractivity contribution in [2.75, 3.05) is 13.1 Å². The number of likely N-dealkylation sites (tertiary alicyclic amines) is 1. The molecule has 0 unspecified atom stereocenters. The maximum atomic E-state index is 12.6. The van der Waals surface area contributed by atoms with Gasteiger partial charge in [0.1, 0.15) is 5.58 Å². The maximum Gasteiger partial charge on any atom is 0.197 e. The van der Waals surface area contributed by atoms with Gasteiger partial charge in [-0.15, -0.1) is 0 Å². The minimum absolute atomic E-state index is 0.0476. The second kappa shape index (κ2) is 8.66. The number of para-hydroxylation sites is 1. The summed E-state index contributed by atoms with van der Waals surface area (Å²) in [5, 5.41) is 5.35. The van der Waals surface area contributed by atoms with Crippen molar-refractivity contribution >= 4 is 34.2 Å². The standard InChI is InChI=1S/C22H22Cl2N2O2/c23-19-6-5-15(11-20(19)24)13-26-9-7-17(8-10-26)25-12-16-14-28-21-4-2-1-3-18(21)22(16)27/h1-6,11,14,17,25H,7-10,12-13H2. The summed E-state index contributed by atoms with van der Waals surface area (Å²) in [4.78, 5) is 15.0. The van der Waals surface area contributed by atoms with Gasteiger partial charge >= 0.3 is 0 Å². The number of benzene rings is 2. The quantitative estimate of drug-likeness (QED) is 0.645. The lowest BCUT2D eigenvalue weighted by Crippen LogP contribution is -2.42. The third kappa shape index (κ3) is 4.41. The predicted octanol–water partition coefficient (Wildman–Crippen LogP) is 4.85. The third-order valence-corrected chi connectivity index (χ3v) is 6.05. The highest BCUT2D eigenvalue weighted by molar-refractivity contribution is 6.42. The summed E-state index contributed by atoms with van der Waals surface area (Å²) in [7, 11) is 0. The molecule has 2 aromatic carbocycles. The lowest BCUT2D eigenvalue weighted by molar-refractivity contribution is 0.190. The van der Waals surface area contributed by atoms with Crippen LogP contribution in [-0.4, -0.2) is 24.0 Å².